The van der Waals surface area contributed by atoms with Crippen LogP contribution in [-0.4, -0.2) is 23.8 Å². The van der Waals surface area contributed by atoms with Gasteiger partial charge in [0.05, 0.1) is 12.1 Å². The number of carbonyl (C=O) groups is 1. The maximum atomic E-state index is 11.8. The molecule has 3 nitrogen and oxygen atoms in total. The van der Waals surface area contributed by atoms with Crippen molar-refractivity contribution in [2.45, 2.75) is 65.5 Å². The summed E-state index contributed by atoms with van der Waals surface area (Å²) < 4.78 is 5.21. The zero-order chi connectivity index (χ0) is 12.1. The standard InChI is InChI=1S/C13H23NO2/c1-9(2)12(13(15)16-10(3)4)14-11-7-5-6-8-11/h9-11H,5-8H2,1-4H3/b14-12-. The van der Waals surface area contributed by atoms with Gasteiger partial charge in [-0.15, -0.1) is 0 Å². The van der Waals surface area contributed by atoms with E-state index in [1.807, 2.05) is 27.7 Å². The Morgan fingerprint density at radius 1 is 1.19 bits per heavy atom. The number of carbonyl (C=O) groups excluding carboxylic acids is 1. The van der Waals surface area contributed by atoms with Gasteiger partial charge in [-0.3, -0.25) is 4.99 Å². The van der Waals surface area contributed by atoms with E-state index in [0.717, 1.165) is 12.8 Å². The van der Waals surface area contributed by atoms with Crippen LogP contribution in [0.5, 0.6) is 0 Å². The first kappa shape index (κ1) is 13.2. The zero-order valence-corrected chi connectivity index (χ0v) is 10.8. The summed E-state index contributed by atoms with van der Waals surface area (Å²) in [4.78, 5) is 16.4. The lowest BCUT2D eigenvalue weighted by molar-refractivity contribution is -0.139. The Bertz CT molecular complexity index is 263. The van der Waals surface area contributed by atoms with E-state index in [2.05, 4.69) is 4.99 Å². The summed E-state index contributed by atoms with van der Waals surface area (Å²) in [5.74, 6) is -0.0938. The van der Waals surface area contributed by atoms with Crippen molar-refractivity contribution in [1.29, 1.82) is 0 Å². The molecule has 0 bridgehead atoms. The van der Waals surface area contributed by atoms with Gasteiger partial charge >= 0.3 is 5.97 Å². The van der Waals surface area contributed by atoms with Gasteiger partial charge < -0.3 is 4.74 Å². The van der Waals surface area contributed by atoms with Crippen molar-refractivity contribution in [3.8, 4) is 0 Å². The molecule has 16 heavy (non-hydrogen) atoms. The van der Waals surface area contributed by atoms with Gasteiger partial charge in [0.1, 0.15) is 5.71 Å². The number of ether oxygens (including phenoxy) is 1. The van der Waals surface area contributed by atoms with E-state index in [-0.39, 0.29) is 18.0 Å². The molecule has 0 heterocycles. The van der Waals surface area contributed by atoms with Crippen molar-refractivity contribution < 1.29 is 9.53 Å². The Balaban J connectivity index is 2.69. The number of hydrogen-bond acceptors (Lipinski definition) is 3. The zero-order valence-electron chi connectivity index (χ0n) is 10.8. The van der Waals surface area contributed by atoms with Crippen LogP contribution in [0.25, 0.3) is 0 Å². The van der Waals surface area contributed by atoms with Crippen LogP contribution in [0.15, 0.2) is 4.99 Å². The SMILES string of the molecule is CC(C)OC(=O)/C(=N\C1CCCC1)C(C)C. The summed E-state index contributed by atoms with van der Waals surface area (Å²) in [5.41, 5.74) is 0.612. The summed E-state index contributed by atoms with van der Waals surface area (Å²) in [6, 6.07) is 0.345. The highest BCUT2D eigenvalue weighted by molar-refractivity contribution is 6.37. The average molecular weight is 225 g/mol. The summed E-state index contributed by atoms with van der Waals surface area (Å²) in [7, 11) is 0. The molecule has 0 aliphatic heterocycles. The van der Waals surface area contributed by atoms with E-state index in [0.29, 0.717) is 11.8 Å². The Labute approximate surface area is 98.3 Å². The average Bonchev–Trinajstić information content (AvgIpc) is 2.64. The van der Waals surface area contributed by atoms with Gasteiger partial charge in [-0.25, -0.2) is 4.79 Å². The molecule has 92 valence electrons. The van der Waals surface area contributed by atoms with Crippen LogP contribution in [0.4, 0.5) is 0 Å². The number of hydrogen-bond donors (Lipinski definition) is 0. The third kappa shape index (κ3) is 3.95. The van der Waals surface area contributed by atoms with Crippen LogP contribution in [0, 0.1) is 5.92 Å². The molecule has 0 amide bonds. The fourth-order valence-electron chi connectivity index (χ4n) is 1.94. The van der Waals surface area contributed by atoms with Crippen LogP contribution in [0.1, 0.15) is 53.4 Å². The molecule has 0 unspecified atom stereocenters. The highest BCUT2D eigenvalue weighted by Gasteiger charge is 2.22. The van der Waals surface area contributed by atoms with E-state index < -0.39 is 0 Å². The van der Waals surface area contributed by atoms with Crippen LogP contribution in [0.3, 0.4) is 0 Å². The van der Waals surface area contributed by atoms with Gasteiger partial charge in [-0.05, 0) is 26.7 Å². The van der Waals surface area contributed by atoms with Gasteiger partial charge in [-0.1, -0.05) is 26.7 Å². The molecule has 0 N–H and O–H groups in total. The Kier molecular flexibility index (Phi) is 4.97. The molecule has 0 saturated heterocycles. The number of nitrogens with zero attached hydrogens (tertiary/aromatic N) is 1. The minimum atomic E-state index is -0.239. The van der Waals surface area contributed by atoms with E-state index in [1.54, 1.807) is 0 Å². The van der Waals surface area contributed by atoms with Crippen LogP contribution in [-0.2, 0) is 9.53 Å². The first-order chi connectivity index (χ1) is 7.50. The maximum absolute atomic E-state index is 11.8. The van der Waals surface area contributed by atoms with Crippen molar-refractivity contribution in [3.05, 3.63) is 0 Å². The van der Waals surface area contributed by atoms with Crippen molar-refractivity contribution in [1.82, 2.24) is 0 Å². The Hall–Kier alpha value is -0.860. The predicted octanol–water partition coefficient (Wildman–Crippen LogP) is 2.98. The Morgan fingerprint density at radius 3 is 2.19 bits per heavy atom. The largest absolute Gasteiger partial charge is 0.458 e. The molecular weight excluding hydrogens is 202 g/mol. The molecule has 1 aliphatic carbocycles. The highest BCUT2D eigenvalue weighted by Crippen LogP contribution is 2.22. The molecule has 3 heteroatoms. The monoisotopic (exact) mass is 225 g/mol. The van der Waals surface area contributed by atoms with Gasteiger partial charge in [0, 0.05) is 5.92 Å². The lowest BCUT2D eigenvalue weighted by Gasteiger charge is -2.14. The maximum Gasteiger partial charge on any atom is 0.352 e. The first-order valence-electron chi connectivity index (χ1n) is 6.29. The van der Waals surface area contributed by atoms with Crippen molar-refractivity contribution >= 4 is 11.7 Å². The molecule has 1 aliphatic rings. The van der Waals surface area contributed by atoms with E-state index in [9.17, 15) is 4.79 Å². The van der Waals surface area contributed by atoms with E-state index in [4.69, 9.17) is 4.74 Å². The Morgan fingerprint density at radius 2 is 1.75 bits per heavy atom. The molecule has 0 spiro atoms. The summed E-state index contributed by atoms with van der Waals surface area (Å²) in [6.07, 6.45) is 4.63. The molecule has 0 aromatic rings. The molecule has 1 fully saturated rings. The lowest BCUT2D eigenvalue weighted by Crippen LogP contribution is -2.27. The fourth-order valence-corrected chi connectivity index (χ4v) is 1.94. The van der Waals surface area contributed by atoms with Crippen molar-refractivity contribution in [3.63, 3.8) is 0 Å². The molecule has 1 rings (SSSR count). The second-order valence-electron chi connectivity index (χ2n) is 5.06. The van der Waals surface area contributed by atoms with Crippen LogP contribution in [0.2, 0.25) is 0 Å². The minimum Gasteiger partial charge on any atom is -0.458 e. The second-order valence-corrected chi connectivity index (χ2v) is 5.06. The number of esters is 1. The van der Waals surface area contributed by atoms with E-state index in [1.165, 1.54) is 12.8 Å². The molecule has 0 radical (unpaired) electrons. The van der Waals surface area contributed by atoms with Crippen molar-refractivity contribution in [2.24, 2.45) is 10.9 Å². The first-order valence-corrected chi connectivity index (χ1v) is 6.29. The summed E-state index contributed by atoms with van der Waals surface area (Å²) in [5, 5.41) is 0. The molecular formula is C13H23NO2. The third-order valence-electron chi connectivity index (χ3n) is 2.75. The van der Waals surface area contributed by atoms with Crippen LogP contribution >= 0.6 is 0 Å². The number of rotatable bonds is 4. The number of aliphatic imine (C=N–C) groups is 1. The molecule has 0 aromatic heterocycles. The normalized spacial score (nSPS) is 18.5. The van der Waals surface area contributed by atoms with Gasteiger partial charge in [0.25, 0.3) is 0 Å². The predicted molar refractivity (Wildman–Crippen MR) is 65.8 cm³/mol. The molecule has 0 aromatic carbocycles. The van der Waals surface area contributed by atoms with Gasteiger partial charge in [0.2, 0.25) is 0 Å². The van der Waals surface area contributed by atoms with Crippen molar-refractivity contribution in [2.75, 3.05) is 0 Å². The minimum absolute atomic E-state index is 0.0694. The third-order valence-corrected chi connectivity index (χ3v) is 2.75. The van der Waals surface area contributed by atoms with Gasteiger partial charge in [-0.2, -0.15) is 0 Å². The quantitative estimate of drug-likeness (QED) is 0.545. The highest BCUT2D eigenvalue weighted by atomic mass is 16.5. The smallest absolute Gasteiger partial charge is 0.352 e. The second kappa shape index (κ2) is 6.02. The van der Waals surface area contributed by atoms with Crippen LogP contribution < -0.4 is 0 Å². The summed E-state index contributed by atoms with van der Waals surface area (Å²) >= 11 is 0. The van der Waals surface area contributed by atoms with Gasteiger partial charge in [0.15, 0.2) is 0 Å². The summed E-state index contributed by atoms with van der Waals surface area (Å²) in [6.45, 7) is 7.72. The lowest BCUT2D eigenvalue weighted by atomic mass is 10.1. The van der Waals surface area contributed by atoms with E-state index >= 15 is 0 Å². The molecule has 1 saturated carbocycles. The fraction of sp³-hybridized carbons (Fsp3) is 0.846. The molecule has 0 atom stereocenters. The topological polar surface area (TPSA) is 38.7 Å².